The Morgan fingerprint density at radius 3 is 2.65 bits per heavy atom. The van der Waals surface area contributed by atoms with E-state index in [0.717, 1.165) is 11.3 Å². The van der Waals surface area contributed by atoms with Crippen molar-refractivity contribution in [3.63, 3.8) is 0 Å². The quantitative estimate of drug-likeness (QED) is 0.830. The van der Waals surface area contributed by atoms with Gasteiger partial charge in [-0.3, -0.25) is 0 Å². The van der Waals surface area contributed by atoms with Crippen molar-refractivity contribution in [2.75, 3.05) is 11.5 Å². The second-order valence-electron chi connectivity index (χ2n) is 4.09. The smallest absolute Gasteiger partial charge is 0.342 e. The van der Waals surface area contributed by atoms with E-state index in [1.54, 1.807) is 12.1 Å². The van der Waals surface area contributed by atoms with Crippen molar-refractivity contribution in [1.29, 1.82) is 0 Å². The topological polar surface area (TPSA) is 81.1 Å². The lowest BCUT2D eigenvalue weighted by Crippen LogP contribution is -2.08. The van der Waals surface area contributed by atoms with E-state index in [2.05, 4.69) is 5.10 Å². The van der Waals surface area contributed by atoms with E-state index in [-0.39, 0.29) is 11.4 Å². The molecule has 0 saturated heterocycles. The molecule has 106 valence electrons. The summed E-state index contributed by atoms with van der Waals surface area (Å²) < 4.78 is 1.50. The standard InChI is InChI=1S/C13H14ClN3O2S/c1-2-20-12-10(13(18)19)11(15)17(16-12)7-8-3-5-9(14)6-4-8/h3-6H,2,7,15H2,1H3,(H,18,19). The maximum Gasteiger partial charge on any atom is 0.342 e. The fraction of sp³-hybridized carbons (Fsp3) is 0.231. The molecule has 0 spiro atoms. The zero-order valence-corrected chi connectivity index (χ0v) is 12.4. The lowest BCUT2D eigenvalue weighted by atomic mass is 10.2. The number of aromatic carboxylic acids is 1. The Morgan fingerprint density at radius 2 is 2.10 bits per heavy atom. The lowest BCUT2D eigenvalue weighted by molar-refractivity contribution is 0.0694. The van der Waals surface area contributed by atoms with Gasteiger partial charge in [0.1, 0.15) is 16.4 Å². The summed E-state index contributed by atoms with van der Waals surface area (Å²) in [6.07, 6.45) is 0. The highest BCUT2D eigenvalue weighted by Crippen LogP contribution is 2.27. The summed E-state index contributed by atoms with van der Waals surface area (Å²) in [6.45, 7) is 2.35. The third-order valence-electron chi connectivity index (χ3n) is 2.70. The van der Waals surface area contributed by atoms with E-state index in [4.69, 9.17) is 17.3 Å². The number of carboxylic acid groups (broad SMARTS) is 1. The van der Waals surface area contributed by atoms with Gasteiger partial charge in [-0.05, 0) is 23.4 Å². The predicted molar refractivity (Wildman–Crippen MR) is 80.6 cm³/mol. The van der Waals surface area contributed by atoms with Crippen molar-refractivity contribution in [2.45, 2.75) is 18.5 Å². The molecule has 1 aromatic heterocycles. The van der Waals surface area contributed by atoms with Gasteiger partial charge in [0.2, 0.25) is 0 Å². The van der Waals surface area contributed by atoms with E-state index >= 15 is 0 Å². The fourth-order valence-electron chi connectivity index (χ4n) is 1.77. The lowest BCUT2D eigenvalue weighted by Gasteiger charge is -2.04. The molecule has 7 heteroatoms. The number of hydrogen-bond acceptors (Lipinski definition) is 4. The molecule has 3 N–H and O–H groups in total. The van der Waals surface area contributed by atoms with Crippen LogP contribution >= 0.6 is 23.4 Å². The first-order chi connectivity index (χ1) is 9.52. The summed E-state index contributed by atoms with van der Waals surface area (Å²) in [4.78, 5) is 11.3. The molecule has 1 aromatic carbocycles. The number of nitrogens with two attached hydrogens (primary N) is 1. The molecule has 2 rings (SSSR count). The number of aromatic nitrogens is 2. The monoisotopic (exact) mass is 311 g/mol. The van der Waals surface area contributed by atoms with Crippen molar-refractivity contribution >= 4 is 35.1 Å². The SMILES string of the molecule is CCSc1nn(Cc2ccc(Cl)cc2)c(N)c1C(=O)O. The van der Waals surface area contributed by atoms with Crippen LogP contribution in [0.15, 0.2) is 29.3 Å². The third-order valence-corrected chi connectivity index (χ3v) is 3.80. The molecule has 5 nitrogen and oxygen atoms in total. The number of halogens is 1. The van der Waals surface area contributed by atoms with Crippen LogP contribution in [0, 0.1) is 0 Å². The van der Waals surface area contributed by atoms with Crippen molar-refractivity contribution in [2.24, 2.45) is 0 Å². The van der Waals surface area contributed by atoms with Gasteiger partial charge in [-0.2, -0.15) is 5.10 Å². The van der Waals surface area contributed by atoms with Crippen molar-refractivity contribution in [3.8, 4) is 0 Å². The normalized spacial score (nSPS) is 10.7. The number of thioether (sulfide) groups is 1. The molecule has 0 saturated carbocycles. The predicted octanol–water partition coefficient (Wildman–Crippen LogP) is 2.98. The third kappa shape index (κ3) is 3.08. The van der Waals surface area contributed by atoms with Crippen LogP contribution in [0.4, 0.5) is 5.82 Å². The van der Waals surface area contributed by atoms with Gasteiger partial charge in [-0.15, -0.1) is 11.8 Å². The highest BCUT2D eigenvalue weighted by molar-refractivity contribution is 7.99. The fourth-order valence-corrected chi connectivity index (χ4v) is 2.67. The molecule has 0 unspecified atom stereocenters. The number of benzene rings is 1. The number of nitrogen functional groups attached to an aromatic ring is 1. The number of carboxylic acids is 1. The summed E-state index contributed by atoms with van der Waals surface area (Å²) in [7, 11) is 0. The summed E-state index contributed by atoms with van der Waals surface area (Å²) in [5, 5.41) is 14.6. The van der Waals surface area contributed by atoms with Gasteiger partial charge in [-0.25, -0.2) is 9.48 Å². The summed E-state index contributed by atoms with van der Waals surface area (Å²) in [5.74, 6) is -0.151. The molecule has 0 aliphatic rings. The average molecular weight is 312 g/mol. The van der Waals surface area contributed by atoms with E-state index in [1.807, 2.05) is 19.1 Å². The number of nitrogens with zero attached hydrogens (tertiary/aromatic N) is 2. The highest BCUT2D eigenvalue weighted by Gasteiger charge is 2.21. The van der Waals surface area contributed by atoms with E-state index < -0.39 is 5.97 Å². The van der Waals surface area contributed by atoms with Crippen LogP contribution in [0.1, 0.15) is 22.8 Å². The minimum Gasteiger partial charge on any atom is -0.477 e. The molecule has 0 bridgehead atoms. The Hall–Kier alpha value is -1.66. The van der Waals surface area contributed by atoms with Crippen LogP contribution in [0.5, 0.6) is 0 Å². The zero-order valence-electron chi connectivity index (χ0n) is 10.8. The summed E-state index contributed by atoms with van der Waals surface area (Å²) >= 11 is 7.19. The number of anilines is 1. The Morgan fingerprint density at radius 1 is 1.45 bits per heavy atom. The molecule has 0 radical (unpaired) electrons. The van der Waals surface area contributed by atoms with Gasteiger partial charge in [-0.1, -0.05) is 30.7 Å². The van der Waals surface area contributed by atoms with Crippen molar-refractivity contribution < 1.29 is 9.90 Å². The Bertz CT molecular complexity index is 625. The number of carbonyl (C=O) groups is 1. The first-order valence-electron chi connectivity index (χ1n) is 5.99. The van der Waals surface area contributed by atoms with E-state index in [9.17, 15) is 9.90 Å². The molecule has 2 aromatic rings. The molecular formula is C13H14ClN3O2S. The van der Waals surface area contributed by atoms with Gasteiger partial charge in [0.25, 0.3) is 0 Å². The molecule has 0 aliphatic heterocycles. The first-order valence-corrected chi connectivity index (χ1v) is 7.36. The van der Waals surface area contributed by atoms with Gasteiger partial charge < -0.3 is 10.8 Å². The van der Waals surface area contributed by atoms with Crippen LogP contribution in [-0.2, 0) is 6.54 Å². The van der Waals surface area contributed by atoms with E-state index in [0.29, 0.717) is 16.6 Å². The van der Waals surface area contributed by atoms with Crippen molar-refractivity contribution in [3.05, 3.63) is 40.4 Å². The van der Waals surface area contributed by atoms with Gasteiger partial charge in [0, 0.05) is 5.02 Å². The van der Waals surface area contributed by atoms with E-state index in [1.165, 1.54) is 16.4 Å². The van der Waals surface area contributed by atoms with Crippen LogP contribution < -0.4 is 5.73 Å². The molecule has 1 heterocycles. The minimum atomic E-state index is -1.05. The summed E-state index contributed by atoms with van der Waals surface area (Å²) in [5.41, 5.74) is 6.92. The zero-order chi connectivity index (χ0) is 14.7. The average Bonchev–Trinajstić information content (AvgIpc) is 2.69. The Kier molecular flexibility index (Phi) is 4.57. The first kappa shape index (κ1) is 14.7. The van der Waals surface area contributed by atoms with Crippen LogP contribution in [-0.4, -0.2) is 26.6 Å². The van der Waals surface area contributed by atoms with Gasteiger partial charge in [0.05, 0.1) is 6.54 Å². The molecule has 20 heavy (non-hydrogen) atoms. The largest absolute Gasteiger partial charge is 0.477 e. The number of rotatable bonds is 5. The number of hydrogen-bond donors (Lipinski definition) is 2. The second kappa shape index (κ2) is 6.19. The Labute approximate surface area is 125 Å². The van der Waals surface area contributed by atoms with Gasteiger partial charge in [0.15, 0.2) is 0 Å². The molecule has 0 fully saturated rings. The molecule has 0 amide bonds. The second-order valence-corrected chi connectivity index (χ2v) is 5.78. The van der Waals surface area contributed by atoms with Crippen LogP contribution in [0.2, 0.25) is 5.02 Å². The van der Waals surface area contributed by atoms with Crippen molar-refractivity contribution in [1.82, 2.24) is 9.78 Å². The van der Waals surface area contributed by atoms with Crippen LogP contribution in [0.25, 0.3) is 0 Å². The molecular weight excluding hydrogens is 298 g/mol. The minimum absolute atomic E-state index is 0.0748. The Balaban J connectivity index is 2.34. The highest BCUT2D eigenvalue weighted by atomic mass is 35.5. The molecule has 0 aliphatic carbocycles. The maximum atomic E-state index is 11.3. The maximum absolute atomic E-state index is 11.3. The molecule has 0 atom stereocenters. The van der Waals surface area contributed by atoms with Crippen LogP contribution in [0.3, 0.4) is 0 Å². The summed E-state index contributed by atoms with van der Waals surface area (Å²) in [6, 6.07) is 7.26. The van der Waals surface area contributed by atoms with Gasteiger partial charge >= 0.3 is 5.97 Å².